The number of carbonyl (C=O) groups is 1. The molecule has 2 saturated heterocycles. The maximum absolute atomic E-state index is 13.8. The molecule has 4 rings (SSSR count). The van der Waals surface area contributed by atoms with E-state index in [4.69, 9.17) is 9.57 Å². The van der Waals surface area contributed by atoms with Crippen LogP contribution in [0.25, 0.3) is 0 Å². The van der Waals surface area contributed by atoms with Crippen molar-refractivity contribution in [3.05, 3.63) is 71.8 Å². The van der Waals surface area contributed by atoms with Gasteiger partial charge in [-0.05, 0) is 78.9 Å². The molecule has 5 nitrogen and oxygen atoms in total. The number of ether oxygens (including phenoxy) is 1. The van der Waals surface area contributed by atoms with Crippen LogP contribution in [-0.4, -0.2) is 45.8 Å². The molecule has 3 unspecified atom stereocenters. The molecule has 0 amide bonds. The van der Waals surface area contributed by atoms with Gasteiger partial charge >= 0.3 is 5.97 Å². The Morgan fingerprint density at radius 2 is 1.49 bits per heavy atom. The number of hydrogen-bond acceptors (Lipinski definition) is 5. The summed E-state index contributed by atoms with van der Waals surface area (Å²) in [6, 6.07) is 20.9. The summed E-state index contributed by atoms with van der Waals surface area (Å²) >= 11 is 0. The molecule has 2 aliphatic rings. The van der Waals surface area contributed by atoms with Crippen LogP contribution in [0.4, 0.5) is 0 Å². The second kappa shape index (κ2) is 10.9. The van der Waals surface area contributed by atoms with E-state index in [0.717, 1.165) is 31.5 Å². The summed E-state index contributed by atoms with van der Waals surface area (Å²) in [7, 11) is 0. The zero-order valence-corrected chi connectivity index (χ0v) is 23.9. The van der Waals surface area contributed by atoms with Crippen molar-refractivity contribution in [3.8, 4) is 0 Å². The van der Waals surface area contributed by atoms with E-state index in [1.165, 1.54) is 12.0 Å². The Morgan fingerprint density at radius 3 is 2.05 bits per heavy atom. The quantitative estimate of drug-likeness (QED) is 0.387. The molecule has 0 aliphatic carbocycles. The largest absolute Gasteiger partial charge is 0.460 e. The molecule has 202 valence electrons. The minimum absolute atomic E-state index is 0.0114. The van der Waals surface area contributed by atoms with Crippen molar-refractivity contribution in [2.75, 3.05) is 13.2 Å². The van der Waals surface area contributed by atoms with Gasteiger partial charge in [0.05, 0.1) is 12.5 Å². The minimum Gasteiger partial charge on any atom is -0.460 e. The van der Waals surface area contributed by atoms with Crippen LogP contribution in [0.2, 0.25) is 0 Å². The predicted molar refractivity (Wildman–Crippen MR) is 149 cm³/mol. The molecule has 2 fully saturated rings. The van der Waals surface area contributed by atoms with Crippen LogP contribution >= 0.6 is 0 Å². The number of rotatable bonds is 7. The number of esters is 1. The molecule has 2 heterocycles. The number of hydroxylamine groups is 2. The molecule has 37 heavy (non-hydrogen) atoms. The van der Waals surface area contributed by atoms with E-state index < -0.39 is 5.60 Å². The van der Waals surface area contributed by atoms with Gasteiger partial charge in [0.1, 0.15) is 5.60 Å². The van der Waals surface area contributed by atoms with E-state index in [2.05, 4.69) is 86.2 Å². The number of benzene rings is 2. The van der Waals surface area contributed by atoms with Crippen molar-refractivity contribution in [2.45, 2.75) is 97.0 Å². The molecule has 3 atom stereocenters. The summed E-state index contributed by atoms with van der Waals surface area (Å²) in [5.41, 5.74) is 1.74. The third-order valence-electron chi connectivity index (χ3n) is 7.85. The molecule has 0 N–H and O–H groups in total. The molecule has 2 aromatic rings. The molecule has 0 radical (unpaired) electrons. The smallest absolute Gasteiger partial charge is 0.311 e. The Bertz CT molecular complexity index is 1010. The molecule has 2 aliphatic heterocycles. The summed E-state index contributed by atoms with van der Waals surface area (Å²) in [5, 5.41) is 2.22. The van der Waals surface area contributed by atoms with Crippen molar-refractivity contribution < 1.29 is 14.4 Å². The number of piperidine rings is 1. The Morgan fingerprint density at radius 1 is 0.919 bits per heavy atom. The first kappa shape index (κ1) is 27.8. The van der Waals surface area contributed by atoms with Gasteiger partial charge in [0.2, 0.25) is 0 Å². The van der Waals surface area contributed by atoms with Crippen LogP contribution in [0.15, 0.2) is 60.7 Å². The molecule has 5 heteroatoms. The maximum Gasteiger partial charge on any atom is 0.311 e. The van der Waals surface area contributed by atoms with Crippen LogP contribution in [0.3, 0.4) is 0 Å². The van der Waals surface area contributed by atoms with Crippen LogP contribution < -0.4 is 0 Å². The van der Waals surface area contributed by atoms with E-state index in [-0.39, 0.29) is 34.9 Å². The van der Waals surface area contributed by atoms with Gasteiger partial charge in [-0.1, -0.05) is 60.7 Å². The van der Waals surface area contributed by atoms with Crippen LogP contribution in [-0.2, 0) is 20.9 Å². The van der Waals surface area contributed by atoms with Gasteiger partial charge < -0.3 is 4.74 Å². The maximum atomic E-state index is 13.8. The van der Waals surface area contributed by atoms with Gasteiger partial charge in [0.15, 0.2) is 0 Å². The zero-order valence-electron chi connectivity index (χ0n) is 23.9. The lowest BCUT2D eigenvalue weighted by Gasteiger charge is -2.51. The van der Waals surface area contributed by atoms with Crippen molar-refractivity contribution in [1.29, 1.82) is 0 Å². The highest BCUT2D eigenvalue weighted by molar-refractivity contribution is 5.75. The van der Waals surface area contributed by atoms with Crippen LogP contribution in [0.5, 0.6) is 0 Å². The van der Waals surface area contributed by atoms with Crippen LogP contribution in [0.1, 0.15) is 84.9 Å². The van der Waals surface area contributed by atoms with E-state index in [1.807, 2.05) is 32.9 Å². The molecule has 0 aromatic heterocycles. The summed E-state index contributed by atoms with van der Waals surface area (Å²) < 4.78 is 6.04. The number of carbonyl (C=O) groups excluding carboxylic acids is 1. The highest BCUT2D eigenvalue weighted by Crippen LogP contribution is 2.45. The van der Waals surface area contributed by atoms with Crippen molar-refractivity contribution >= 4 is 5.97 Å². The lowest BCUT2D eigenvalue weighted by molar-refractivity contribution is -0.287. The van der Waals surface area contributed by atoms with E-state index in [9.17, 15) is 4.79 Å². The molecular weight excluding hydrogens is 460 g/mol. The monoisotopic (exact) mass is 506 g/mol. The Balaban J connectivity index is 1.67. The van der Waals surface area contributed by atoms with Gasteiger partial charge in [-0.2, -0.15) is 5.06 Å². The van der Waals surface area contributed by atoms with E-state index in [1.54, 1.807) is 0 Å². The molecule has 2 aromatic carbocycles. The normalized spacial score (nSPS) is 26.2. The minimum atomic E-state index is -0.548. The first-order valence-corrected chi connectivity index (χ1v) is 13.9. The molecular formula is C32H46N2O3. The SMILES string of the molecule is CC(C)(C)OC(=O)C1C(CON2C(C)(C)CCCC2(C)C)CN(Cc2ccccc2)C1c1ccccc1. The number of likely N-dealkylation sites (tertiary alicyclic amines) is 1. The molecule has 0 bridgehead atoms. The summed E-state index contributed by atoms with van der Waals surface area (Å²) in [6.07, 6.45) is 3.40. The highest BCUT2D eigenvalue weighted by Gasteiger charge is 2.50. The standard InChI is InChI=1S/C32H46N2O3/c1-30(2,3)37-29(35)27-26(23-36-34-31(4,5)19-14-20-32(34,6)7)22-33(21-24-15-10-8-11-16-24)28(27)25-17-12-9-13-18-25/h8-13,15-18,26-28H,14,19-23H2,1-7H3. The number of hydrogen-bond donors (Lipinski definition) is 0. The van der Waals surface area contributed by atoms with Crippen LogP contribution in [0, 0.1) is 11.8 Å². The lowest BCUT2D eigenvalue weighted by Crippen LogP contribution is -2.58. The van der Waals surface area contributed by atoms with Gasteiger partial charge in [0.25, 0.3) is 0 Å². The summed E-state index contributed by atoms with van der Waals surface area (Å²) in [4.78, 5) is 23.0. The van der Waals surface area contributed by atoms with Gasteiger partial charge in [-0.15, -0.1) is 0 Å². The van der Waals surface area contributed by atoms with Crippen molar-refractivity contribution in [2.24, 2.45) is 11.8 Å². The third kappa shape index (κ3) is 6.63. The lowest BCUT2D eigenvalue weighted by atomic mass is 9.82. The second-order valence-corrected chi connectivity index (χ2v) is 13.2. The van der Waals surface area contributed by atoms with Crippen molar-refractivity contribution in [1.82, 2.24) is 9.96 Å². The van der Waals surface area contributed by atoms with Crippen molar-refractivity contribution in [3.63, 3.8) is 0 Å². The first-order chi connectivity index (χ1) is 17.4. The predicted octanol–water partition coefficient (Wildman–Crippen LogP) is 6.79. The van der Waals surface area contributed by atoms with Gasteiger partial charge in [0, 0.05) is 36.1 Å². The fraction of sp³-hybridized carbons (Fsp3) is 0.594. The summed E-state index contributed by atoms with van der Waals surface area (Å²) in [5.74, 6) is -0.443. The fourth-order valence-electron chi connectivity index (χ4n) is 6.41. The van der Waals surface area contributed by atoms with Gasteiger partial charge in [-0.25, -0.2) is 0 Å². The second-order valence-electron chi connectivity index (χ2n) is 13.2. The summed E-state index contributed by atoms with van der Waals surface area (Å²) in [6.45, 7) is 16.9. The Labute approximate surface area is 224 Å². The first-order valence-electron chi connectivity index (χ1n) is 13.9. The average molecular weight is 507 g/mol. The Kier molecular flexibility index (Phi) is 8.18. The topological polar surface area (TPSA) is 42.0 Å². The zero-order chi connectivity index (χ0) is 26.8. The van der Waals surface area contributed by atoms with E-state index in [0.29, 0.717) is 6.61 Å². The fourth-order valence-corrected chi connectivity index (χ4v) is 6.41. The van der Waals surface area contributed by atoms with E-state index >= 15 is 0 Å². The Hall–Kier alpha value is -2.21. The molecule has 0 spiro atoms. The third-order valence-corrected chi connectivity index (χ3v) is 7.85. The highest BCUT2D eigenvalue weighted by atomic mass is 16.7. The molecule has 0 saturated carbocycles. The number of nitrogens with zero attached hydrogens (tertiary/aromatic N) is 2. The average Bonchev–Trinajstić information content (AvgIpc) is 3.16. The van der Waals surface area contributed by atoms with Gasteiger partial charge in [-0.3, -0.25) is 14.5 Å².